The number of amides is 2. The number of carbonyl (C=O) groups is 2. The molecule has 34 heavy (non-hydrogen) atoms. The van der Waals surface area contributed by atoms with Crippen molar-refractivity contribution >= 4 is 40.2 Å². The van der Waals surface area contributed by atoms with Crippen molar-refractivity contribution in [1.29, 1.82) is 0 Å². The summed E-state index contributed by atoms with van der Waals surface area (Å²) in [4.78, 5) is 31.0. The van der Waals surface area contributed by atoms with Crippen LogP contribution in [0.1, 0.15) is 58.4 Å². The molecule has 2 amide bonds. The van der Waals surface area contributed by atoms with Crippen LogP contribution in [0.3, 0.4) is 0 Å². The molecule has 0 aliphatic heterocycles. The predicted molar refractivity (Wildman–Crippen MR) is 138 cm³/mol. The lowest BCUT2D eigenvalue weighted by Crippen LogP contribution is -2.45. The summed E-state index contributed by atoms with van der Waals surface area (Å²) in [6.07, 6.45) is 7.65. The van der Waals surface area contributed by atoms with E-state index < -0.39 is 10.7 Å². The number of carboxylic acids is 1. The van der Waals surface area contributed by atoms with E-state index in [1.54, 1.807) is 27.2 Å². The summed E-state index contributed by atoms with van der Waals surface area (Å²) in [7, 11) is 1.67. The molecule has 0 radical (unpaired) electrons. The Bertz CT molecular complexity index is 971. The minimum Gasteiger partial charge on any atom is -0.497 e. The lowest BCUT2D eigenvalue weighted by Gasteiger charge is -2.36. The summed E-state index contributed by atoms with van der Waals surface area (Å²) in [5.74, 6) is 0.663. The van der Waals surface area contributed by atoms with E-state index in [4.69, 9.17) is 4.74 Å². The number of thiazole rings is 1. The van der Waals surface area contributed by atoms with Crippen molar-refractivity contribution in [3.05, 3.63) is 36.0 Å². The van der Waals surface area contributed by atoms with Crippen molar-refractivity contribution < 1.29 is 19.4 Å². The molecule has 0 bridgehead atoms. The first-order valence-electron chi connectivity index (χ1n) is 11.8. The number of nitrogens with zero attached hydrogens (tertiary/aromatic N) is 2. The number of aromatic nitrogens is 1. The van der Waals surface area contributed by atoms with E-state index >= 15 is 0 Å². The molecule has 1 aromatic heterocycles. The number of rotatable bonds is 10. The van der Waals surface area contributed by atoms with E-state index in [-0.39, 0.29) is 12.1 Å². The van der Waals surface area contributed by atoms with Crippen LogP contribution < -0.4 is 10.1 Å². The maximum absolute atomic E-state index is 13.3. The Morgan fingerprint density at radius 2 is 2.03 bits per heavy atom. The van der Waals surface area contributed by atoms with Crippen molar-refractivity contribution in [2.75, 3.05) is 19.0 Å². The van der Waals surface area contributed by atoms with Crippen LogP contribution in [-0.2, 0) is 11.2 Å². The van der Waals surface area contributed by atoms with E-state index in [1.807, 2.05) is 23.1 Å². The number of nitrogens with one attached hydrogen (secondary N) is 1. The van der Waals surface area contributed by atoms with Gasteiger partial charge in [0.15, 0.2) is 5.13 Å². The molecule has 3 rings (SSSR count). The second-order valence-electron chi connectivity index (χ2n) is 9.39. The van der Waals surface area contributed by atoms with Crippen LogP contribution in [0, 0.1) is 5.92 Å². The first kappa shape index (κ1) is 26.3. The molecule has 1 fully saturated rings. The molecule has 1 aliphatic carbocycles. The zero-order valence-corrected chi connectivity index (χ0v) is 22.0. The minimum atomic E-state index is -0.960. The molecule has 2 N–H and O–H groups in total. The number of thioether (sulfide) groups is 1. The van der Waals surface area contributed by atoms with Crippen LogP contribution in [0.4, 0.5) is 9.93 Å². The Hall–Kier alpha value is -2.26. The highest BCUT2D eigenvalue weighted by Crippen LogP contribution is 2.37. The smallest absolute Gasteiger partial charge is 0.323 e. The topological polar surface area (TPSA) is 91.8 Å². The van der Waals surface area contributed by atoms with Gasteiger partial charge in [0, 0.05) is 12.6 Å². The Kier molecular flexibility index (Phi) is 9.24. The molecule has 0 spiro atoms. The third kappa shape index (κ3) is 7.37. The van der Waals surface area contributed by atoms with Crippen LogP contribution in [0.15, 0.2) is 34.7 Å². The molecule has 2 aromatic rings. The number of aryl methyl sites for hydroxylation is 1. The molecule has 0 unspecified atom stereocenters. The lowest BCUT2D eigenvalue weighted by molar-refractivity contribution is -0.138. The molecular weight excluding hydrogens is 470 g/mol. The average molecular weight is 506 g/mol. The van der Waals surface area contributed by atoms with E-state index in [1.165, 1.54) is 28.7 Å². The molecular formula is C25H35N3O4S2. The second-order valence-corrected chi connectivity index (χ2v) is 12.3. The standard InChI is InChI=1S/C25H35N3O4S2/c1-17-10-12-19(13-11-17)28(14-6-8-18-7-5-9-20(15-18)32-4)24(31)27-23-26-16-21(33-23)34-25(2,3)22(29)30/h5,7,9,15-17,19H,6,8,10-14H2,1-4H3,(H,29,30)(H,26,27,31). The fourth-order valence-electron chi connectivity index (χ4n) is 4.11. The summed E-state index contributed by atoms with van der Waals surface area (Å²) < 4.78 is 5.13. The first-order chi connectivity index (χ1) is 16.2. The summed E-state index contributed by atoms with van der Waals surface area (Å²) in [6.45, 7) is 6.26. The Balaban J connectivity index is 1.64. The first-order valence-corrected chi connectivity index (χ1v) is 13.4. The van der Waals surface area contributed by atoms with Gasteiger partial charge in [-0.3, -0.25) is 10.1 Å². The molecule has 1 saturated carbocycles. The molecule has 7 nitrogen and oxygen atoms in total. The van der Waals surface area contributed by atoms with Crippen LogP contribution in [0.25, 0.3) is 0 Å². The highest BCUT2D eigenvalue weighted by Gasteiger charge is 2.30. The van der Waals surface area contributed by atoms with Gasteiger partial charge >= 0.3 is 12.0 Å². The Morgan fingerprint density at radius 1 is 1.29 bits per heavy atom. The van der Waals surface area contributed by atoms with Crippen LogP contribution in [0.2, 0.25) is 0 Å². The Labute approximate surface area is 210 Å². The van der Waals surface area contributed by atoms with Crippen molar-refractivity contribution in [2.45, 2.75) is 74.3 Å². The van der Waals surface area contributed by atoms with Gasteiger partial charge in [0.25, 0.3) is 0 Å². The van der Waals surface area contributed by atoms with Gasteiger partial charge in [-0.25, -0.2) is 9.78 Å². The summed E-state index contributed by atoms with van der Waals surface area (Å²) >= 11 is 2.55. The van der Waals surface area contributed by atoms with Crippen molar-refractivity contribution in [3.8, 4) is 5.75 Å². The maximum Gasteiger partial charge on any atom is 0.323 e. The van der Waals surface area contributed by atoms with Gasteiger partial charge in [0.1, 0.15) is 10.5 Å². The van der Waals surface area contributed by atoms with Gasteiger partial charge < -0.3 is 14.7 Å². The van der Waals surface area contributed by atoms with Gasteiger partial charge in [-0.05, 0) is 76.0 Å². The molecule has 0 saturated heterocycles. The highest BCUT2D eigenvalue weighted by atomic mass is 32.2. The molecule has 186 valence electrons. The van der Waals surface area contributed by atoms with E-state index in [9.17, 15) is 14.7 Å². The fraction of sp³-hybridized carbons (Fsp3) is 0.560. The Morgan fingerprint density at radius 3 is 2.71 bits per heavy atom. The van der Waals surface area contributed by atoms with Crippen molar-refractivity contribution in [3.63, 3.8) is 0 Å². The normalized spacial score (nSPS) is 18.4. The summed E-state index contributed by atoms with van der Waals surface area (Å²) in [6, 6.07) is 8.15. The molecule has 1 aliphatic rings. The average Bonchev–Trinajstić information content (AvgIpc) is 3.23. The highest BCUT2D eigenvalue weighted by molar-refractivity contribution is 8.03. The molecule has 1 aromatic carbocycles. The van der Waals surface area contributed by atoms with Crippen LogP contribution >= 0.6 is 23.1 Å². The maximum atomic E-state index is 13.3. The molecule has 1 heterocycles. The number of aliphatic carboxylic acids is 1. The molecule has 9 heteroatoms. The number of carbonyl (C=O) groups excluding carboxylic acids is 1. The summed E-state index contributed by atoms with van der Waals surface area (Å²) in [5.41, 5.74) is 1.19. The van der Waals surface area contributed by atoms with Crippen molar-refractivity contribution in [1.82, 2.24) is 9.88 Å². The molecule has 0 atom stereocenters. The van der Waals surface area contributed by atoms with Gasteiger partial charge in [-0.15, -0.1) is 0 Å². The van der Waals surface area contributed by atoms with Gasteiger partial charge in [-0.1, -0.05) is 42.2 Å². The minimum absolute atomic E-state index is 0.131. The fourth-order valence-corrected chi connectivity index (χ4v) is 6.37. The SMILES string of the molecule is COc1cccc(CCCN(C(=O)Nc2ncc(SC(C)(C)C(=O)O)s2)C2CCC(C)CC2)c1. The number of urea groups is 1. The largest absolute Gasteiger partial charge is 0.497 e. The van der Waals surface area contributed by atoms with Crippen molar-refractivity contribution in [2.24, 2.45) is 5.92 Å². The van der Waals surface area contributed by atoms with E-state index in [2.05, 4.69) is 23.3 Å². The number of hydrogen-bond donors (Lipinski definition) is 2. The number of ether oxygens (including phenoxy) is 1. The third-order valence-corrected chi connectivity index (χ3v) is 8.45. The quantitative estimate of drug-likeness (QED) is 0.376. The monoisotopic (exact) mass is 505 g/mol. The number of anilines is 1. The van der Waals surface area contributed by atoms with Gasteiger partial charge in [-0.2, -0.15) is 0 Å². The zero-order chi connectivity index (χ0) is 24.7. The number of carboxylic acid groups (broad SMARTS) is 1. The second kappa shape index (κ2) is 11.9. The lowest BCUT2D eigenvalue weighted by atomic mass is 9.86. The van der Waals surface area contributed by atoms with Crippen LogP contribution in [-0.4, -0.2) is 51.4 Å². The number of benzene rings is 1. The van der Waals surface area contributed by atoms with E-state index in [0.29, 0.717) is 17.6 Å². The van der Waals surface area contributed by atoms with Gasteiger partial charge in [0.2, 0.25) is 0 Å². The van der Waals surface area contributed by atoms with E-state index in [0.717, 1.165) is 48.5 Å². The van der Waals surface area contributed by atoms with Gasteiger partial charge in [0.05, 0.1) is 17.5 Å². The number of methoxy groups -OCH3 is 1. The zero-order valence-electron chi connectivity index (χ0n) is 20.4. The predicted octanol–water partition coefficient (Wildman–Crippen LogP) is 6.15. The van der Waals surface area contributed by atoms with Crippen LogP contribution in [0.5, 0.6) is 5.75 Å². The number of hydrogen-bond acceptors (Lipinski definition) is 6. The third-order valence-electron chi connectivity index (χ3n) is 6.25. The summed E-state index contributed by atoms with van der Waals surface area (Å²) in [5, 5.41) is 12.8.